The highest BCUT2D eigenvalue weighted by Crippen LogP contribution is 2.35. The van der Waals surface area contributed by atoms with Crippen LogP contribution in [0.3, 0.4) is 0 Å². The summed E-state index contributed by atoms with van der Waals surface area (Å²) in [6.07, 6.45) is -3.23. The van der Waals surface area contributed by atoms with Gasteiger partial charge in [0.2, 0.25) is 0 Å². The van der Waals surface area contributed by atoms with E-state index in [1.54, 1.807) is 19.9 Å². The first-order valence-electron chi connectivity index (χ1n) is 9.75. The van der Waals surface area contributed by atoms with Crippen molar-refractivity contribution in [1.82, 2.24) is 4.57 Å². The molecule has 3 rings (SSSR count). The molecule has 1 aromatic heterocycles. The van der Waals surface area contributed by atoms with Crippen LogP contribution in [0.25, 0.3) is 11.8 Å². The molecule has 2 aromatic carbocycles. The number of alkyl halides is 3. The van der Waals surface area contributed by atoms with Crippen molar-refractivity contribution >= 4 is 35.2 Å². The second kappa shape index (κ2) is 9.45. The molecule has 0 aliphatic heterocycles. The fourth-order valence-electron chi connectivity index (χ4n) is 3.36. The molecule has 0 saturated heterocycles. The summed E-state index contributed by atoms with van der Waals surface area (Å²) in [5.74, 6) is -1.85. The molecular weight excluding hydrogens is 471 g/mol. The molecule has 1 amide bonds. The van der Waals surface area contributed by atoms with Crippen LogP contribution in [-0.4, -0.2) is 21.6 Å². The fourth-order valence-corrected chi connectivity index (χ4v) is 3.57. The van der Waals surface area contributed by atoms with Crippen LogP contribution in [0.15, 0.2) is 54.1 Å². The predicted octanol–water partition coefficient (Wildman–Crippen LogP) is 6.01. The summed E-state index contributed by atoms with van der Waals surface area (Å²) in [6, 6.07) is 11.8. The van der Waals surface area contributed by atoms with Gasteiger partial charge in [0, 0.05) is 17.1 Å². The number of aromatic nitrogens is 1. The summed E-state index contributed by atoms with van der Waals surface area (Å²) in [6.45, 7) is 3.30. The van der Waals surface area contributed by atoms with Crippen molar-refractivity contribution in [3.63, 3.8) is 0 Å². The summed E-state index contributed by atoms with van der Waals surface area (Å²) in [5, 5.41) is 21.1. The summed E-state index contributed by atoms with van der Waals surface area (Å²) in [7, 11) is 0. The average molecular weight is 488 g/mol. The SMILES string of the molecule is Cc1cc(/C=C(\C#N)C(=O)Nc2ccc(C(=O)O)cc2)c(C)n1-c1cc(C(F)(F)F)ccc1Cl. The number of aryl methyl sites for hydroxylation is 1. The van der Waals surface area contributed by atoms with Crippen LogP contribution in [0.4, 0.5) is 18.9 Å². The van der Waals surface area contributed by atoms with Crippen LogP contribution in [0.2, 0.25) is 5.02 Å². The smallest absolute Gasteiger partial charge is 0.416 e. The number of hydrogen-bond acceptors (Lipinski definition) is 3. The number of hydrogen-bond donors (Lipinski definition) is 2. The van der Waals surface area contributed by atoms with E-state index in [0.717, 1.165) is 18.2 Å². The normalized spacial score (nSPS) is 11.7. The van der Waals surface area contributed by atoms with E-state index in [2.05, 4.69) is 5.32 Å². The molecule has 1 heterocycles. The summed E-state index contributed by atoms with van der Waals surface area (Å²) < 4.78 is 41.1. The van der Waals surface area contributed by atoms with E-state index >= 15 is 0 Å². The van der Waals surface area contributed by atoms with Gasteiger partial charge in [-0.05, 0) is 74.0 Å². The Morgan fingerprint density at radius 3 is 2.32 bits per heavy atom. The van der Waals surface area contributed by atoms with Crippen molar-refractivity contribution in [3.05, 3.63) is 87.2 Å². The Balaban J connectivity index is 1.96. The predicted molar refractivity (Wildman–Crippen MR) is 121 cm³/mol. The zero-order valence-electron chi connectivity index (χ0n) is 17.9. The first kappa shape index (κ1) is 24.6. The van der Waals surface area contributed by atoms with Gasteiger partial charge in [0.15, 0.2) is 0 Å². The Hall–Kier alpha value is -4.03. The van der Waals surface area contributed by atoms with Gasteiger partial charge in [-0.3, -0.25) is 4.79 Å². The second-order valence-corrected chi connectivity index (χ2v) is 7.74. The van der Waals surface area contributed by atoms with Crippen molar-refractivity contribution < 1.29 is 27.9 Å². The third kappa shape index (κ3) is 5.13. The van der Waals surface area contributed by atoms with Crippen molar-refractivity contribution in [2.45, 2.75) is 20.0 Å². The number of anilines is 1. The van der Waals surface area contributed by atoms with E-state index in [9.17, 15) is 28.0 Å². The molecule has 0 unspecified atom stereocenters. The molecule has 0 aliphatic rings. The molecule has 0 fully saturated rings. The van der Waals surface area contributed by atoms with E-state index in [0.29, 0.717) is 17.0 Å². The van der Waals surface area contributed by atoms with Crippen molar-refractivity contribution in [2.24, 2.45) is 0 Å². The Morgan fingerprint density at radius 1 is 1.12 bits per heavy atom. The van der Waals surface area contributed by atoms with Crippen LogP contribution in [0, 0.1) is 25.2 Å². The van der Waals surface area contributed by atoms with Gasteiger partial charge < -0.3 is 15.0 Å². The molecule has 0 bridgehead atoms. The number of rotatable bonds is 5. The lowest BCUT2D eigenvalue weighted by molar-refractivity contribution is -0.137. The third-order valence-corrected chi connectivity index (χ3v) is 5.36. The Kier molecular flexibility index (Phi) is 6.84. The first-order chi connectivity index (χ1) is 15.9. The number of benzene rings is 2. The highest BCUT2D eigenvalue weighted by atomic mass is 35.5. The summed E-state index contributed by atoms with van der Waals surface area (Å²) in [5.41, 5.74) is 0.802. The number of nitrogens with zero attached hydrogens (tertiary/aromatic N) is 2. The molecule has 34 heavy (non-hydrogen) atoms. The van der Waals surface area contributed by atoms with Gasteiger partial charge in [0.25, 0.3) is 5.91 Å². The van der Waals surface area contributed by atoms with Crippen molar-refractivity contribution in [2.75, 3.05) is 5.32 Å². The maximum absolute atomic E-state index is 13.2. The van der Waals surface area contributed by atoms with E-state index in [1.807, 2.05) is 6.07 Å². The lowest BCUT2D eigenvalue weighted by Crippen LogP contribution is -2.13. The number of carboxylic acid groups (broad SMARTS) is 1. The fraction of sp³-hybridized carbons (Fsp3) is 0.125. The maximum Gasteiger partial charge on any atom is 0.416 e. The monoisotopic (exact) mass is 487 g/mol. The number of nitrogens with one attached hydrogen (secondary N) is 1. The third-order valence-electron chi connectivity index (χ3n) is 5.04. The lowest BCUT2D eigenvalue weighted by atomic mass is 10.1. The molecule has 10 heteroatoms. The number of carboxylic acids is 1. The van der Waals surface area contributed by atoms with E-state index in [-0.39, 0.29) is 27.5 Å². The summed E-state index contributed by atoms with van der Waals surface area (Å²) >= 11 is 6.18. The minimum absolute atomic E-state index is 0.0368. The minimum atomic E-state index is -4.55. The van der Waals surface area contributed by atoms with Crippen LogP contribution in [0.1, 0.15) is 32.9 Å². The van der Waals surface area contributed by atoms with Gasteiger partial charge in [0.1, 0.15) is 11.6 Å². The second-order valence-electron chi connectivity index (χ2n) is 7.33. The van der Waals surface area contributed by atoms with Gasteiger partial charge in [-0.15, -0.1) is 0 Å². The van der Waals surface area contributed by atoms with E-state index in [1.165, 1.54) is 34.9 Å². The Labute approximate surface area is 197 Å². The standard InChI is InChI=1S/C24H17ClF3N3O3/c1-13-9-16(14(2)31(13)21-11-18(24(26,27)28)5-8-20(21)25)10-17(12-29)22(32)30-19-6-3-15(4-7-19)23(33)34/h3-11H,1-2H3,(H,30,32)(H,33,34)/b17-10+. The molecule has 2 N–H and O–H groups in total. The summed E-state index contributed by atoms with van der Waals surface area (Å²) in [4.78, 5) is 23.5. The van der Waals surface area contributed by atoms with Gasteiger partial charge in [-0.2, -0.15) is 18.4 Å². The minimum Gasteiger partial charge on any atom is -0.478 e. The quantitative estimate of drug-likeness (QED) is 0.340. The number of amides is 1. The highest BCUT2D eigenvalue weighted by Gasteiger charge is 2.31. The molecule has 0 saturated carbocycles. The molecule has 0 spiro atoms. The lowest BCUT2D eigenvalue weighted by Gasteiger charge is -2.15. The zero-order valence-corrected chi connectivity index (χ0v) is 18.6. The average Bonchev–Trinajstić information content (AvgIpc) is 3.04. The molecule has 6 nitrogen and oxygen atoms in total. The number of nitriles is 1. The number of aromatic carboxylic acids is 1. The van der Waals surface area contributed by atoms with Crippen molar-refractivity contribution in [3.8, 4) is 11.8 Å². The molecule has 174 valence electrons. The number of carbonyl (C=O) groups excluding carboxylic acids is 1. The van der Waals surface area contributed by atoms with Crippen LogP contribution in [-0.2, 0) is 11.0 Å². The molecular formula is C24H17ClF3N3O3. The zero-order chi connectivity index (χ0) is 25.2. The largest absolute Gasteiger partial charge is 0.478 e. The van der Waals surface area contributed by atoms with Crippen LogP contribution >= 0.6 is 11.6 Å². The highest BCUT2D eigenvalue weighted by molar-refractivity contribution is 6.32. The molecule has 3 aromatic rings. The van der Waals surface area contributed by atoms with Gasteiger partial charge in [-0.1, -0.05) is 11.6 Å². The van der Waals surface area contributed by atoms with Crippen LogP contribution in [0.5, 0.6) is 0 Å². The Morgan fingerprint density at radius 2 is 1.76 bits per heavy atom. The molecule has 0 aliphatic carbocycles. The van der Waals surface area contributed by atoms with Gasteiger partial charge in [0.05, 0.1) is 21.8 Å². The van der Waals surface area contributed by atoms with Crippen molar-refractivity contribution in [1.29, 1.82) is 5.26 Å². The van der Waals surface area contributed by atoms with Gasteiger partial charge >= 0.3 is 12.1 Å². The number of carbonyl (C=O) groups is 2. The van der Waals surface area contributed by atoms with E-state index < -0.39 is 23.6 Å². The topological polar surface area (TPSA) is 95.1 Å². The van der Waals surface area contributed by atoms with Gasteiger partial charge in [-0.25, -0.2) is 4.79 Å². The maximum atomic E-state index is 13.2. The van der Waals surface area contributed by atoms with Crippen LogP contribution < -0.4 is 5.32 Å². The number of halogens is 4. The molecule has 0 atom stereocenters. The van der Waals surface area contributed by atoms with E-state index in [4.69, 9.17) is 16.7 Å². The Bertz CT molecular complexity index is 1350. The first-order valence-corrected chi connectivity index (χ1v) is 10.1. The molecule has 0 radical (unpaired) electrons.